The Morgan fingerprint density at radius 3 is 2.88 bits per heavy atom. The smallest absolute Gasteiger partial charge is 0.213 e. The van der Waals surface area contributed by atoms with Gasteiger partial charge in [0, 0.05) is 35.5 Å². The standard InChI is InChI=1S/C11H15IN2O3/c1-8(15)7-16-10-3-4-11(13-6-10)17-9(2)5-14-12/h3-4,6,9,14H,5,7H2,1-2H3/t9-/m1/s1. The number of aromatic nitrogens is 1. The minimum atomic E-state index is -0.0212. The highest BCUT2D eigenvalue weighted by Gasteiger charge is 2.04. The summed E-state index contributed by atoms with van der Waals surface area (Å²) in [5.74, 6) is 1.08. The molecule has 0 unspecified atom stereocenters. The third kappa shape index (κ3) is 5.83. The molecule has 0 aromatic carbocycles. The predicted molar refractivity (Wildman–Crippen MR) is 72.5 cm³/mol. The molecule has 0 saturated carbocycles. The molecule has 5 nitrogen and oxygen atoms in total. The van der Waals surface area contributed by atoms with Crippen LogP contribution in [0.4, 0.5) is 0 Å². The summed E-state index contributed by atoms with van der Waals surface area (Å²) in [6, 6.07) is 3.45. The number of pyridine rings is 1. The lowest BCUT2D eigenvalue weighted by atomic mass is 10.4. The zero-order valence-corrected chi connectivity index (χ0v) is 11.9. The van der Waals surface area contributed by atoms with Crippen LogP contribution >= 0.6 is 22.9 Å². The molecular formula is C11H15IN2O3. The van der Waals surface area contributed by atoms with Crippen molar-refractivity contribution in [1.29, 1.82) is 0 Å². The highest BCUT2D eigenvalue weighted by molar-refractivity contribution is 14.1. The second-order valence-corrected chi connectivity index (χ2v) is 4.35. The number of hydrogen-bond donors (Lipinski definition) is 1. The molecular weight excluding hydrogens is 335 g/mol. The van der Waals surface area contributed by atoms with Gasteiger partial charge in [0.2, 0.25) is 5.88 Å². The van der Waals surface area contributed by atoms with Crippen LogP contribution in [0.2, 0.25) is 0 Å². The first-order valence-corrected chi connectivity index (χ1v) is 6.28. The van der Waals surface area contributed by atoms with Crippen molar-refractivity contribution in [1.82, 2.24) is 8.51 Å². The van der Waals surface area contributed by atoms with Crippen LogP contribution in [0.3, 0.4) is 0 Å². The van der Waals surface area contributed by atoms with Gasteiger partial charge in [-0.2, -0.15) is 0 Å². The maximum Gasteiger partial charge on any atom is 0.213 e. The number of nitrogens with zero attached hydrogens (tertiary/aromatic N) is 1. The van der Waals surface area contributed by atoms with E-state index in [0.717, 1.165) is 6.54 Å². The summed E-state index contributed by atoms with van der Waals surface area (Å²) in [7, 11) is 0. The van der Waals surface area contributed by atoms with Gasteiger partial charge in [-0.1, -0.05) is 0 Å². The molecule has 1 aromatic heterocycles. The van der Waals surface area contributed by atoms with E-state index in [9.17, 15) is 4.79 Å². The van der Waals surface area contributed by atoms with Crippen LogP contribution in [0.25, 0.3) is 0 Å². The third-order valence-electron chi connectivity index (χ3n) is 1.84. The number of nitrogens with one attached hydrogen (secondary N) is 1. The lowest BCUT2D eigenvalue weighted by molar-refractivity contribution is -0.118. The van der Waals surface area contributed by atoms with Gasteiger partial charge in [0.1, 0.15) is 18.5 Å². The van der Waals surface area contributed by atoms with Crippen LogP contribution in [0.15, 0.2) is 18.3 Å². The van der Waals surface area contributed by atoms with E-state index in [-0.39, 0.29) is 18.5 Å². The molecule has 0 bridgehead atoms. The van der Waals surface area contributed by atoms with Crippen molar-refractivity contribution >= 4 is 28.6 Å². The molecule has 1 atom stereocenters. The Balaban J connectivity index is 2.47. The lowest BCUT2D eigenvalue weighted by Gasteiger charge is -2.12. The SMILES string of the molecule is CC(=O)COc1ccc(O[C@H](C)CNI)nc1. The van der Waals surface area contributed by atoms with Crippen molar-refractivity contribution in [3.8, 4) is 11.6 Å². The van der Waals surface area contributed by atoms with Gasteiger partial charge >= 0.3 is 0 Å². The Morgan fingerprint density at radius 2 is 2.35 bits per heavy atom. The van der Waals surface area contributed by atoms with E-state index in [1.165, 1.54) is 6.92 Å². The number of ketones is 1. The van der Waals surface area contributed by atoms with Gasteiger partial charge in [0.25, 0.3) is 0 Å². The molecule has 1 heterocycles. The summed E-state index contributed by atoms with van der Waals surface area (Å²) in [6.45, 7) is 4.24. The van der Waals surface area contributed by atoms with E-state index in [1.807, 2.05) is 6.92 Å². The fourth-order valence-electron chi connectivity index (χ4n) is 1.06. The number of hydrogen-bond acceptors (Lipinski definition) is 5. The van der Waals surface area contributed by atoms with Gasteiger partial charge in [-0.15, -0.1) is 0 Å². The van der Waals surface area contributed by atoms with Crippen LogP contribution in [-0.2, 0) is 4.79 Å². The Bertz CT molecular complexity index is 356. The molecule has 94 valence electrons. The van der Waals surface area contributed by atoms with E-state index in [1.54, 1.807) is 18.3 Å². The molecule has 1 rings (SSSR count). The maximum atomic E-state index is 10.7. The summed E-state index contributed by atoms with van der Waals surface area (Å²) in [5, 5.41) is 0. The molecule has 0 aliphatic carbocycles. The first-order valence-electron chi connectivity index (χ1n) is 5.20. The van der Waals surface area contributed by atoms with Crippen LogP contribution in [0.1, 0.15) is 13.8 Å². The van der Waals surface area contributed by atoms with E-state index < -0.39 is 0 Å². The molecule has 0 radical (unpaired) electrons. The van der Waals surface area contributed by atoms with Gasteiger partial charge < -0.3 is 9.47 Å². The predicted octanol–water partition coefficient (Wildman–Crippen LogP) is 1.76. The van der Waals surface area contributed by atoms with Gasteiger partial charge in [0.05, 0.1) is 6.20 Å². The number of Topliss-reactive ketones (excluding diaryl/α,β-unsaturated/α-hetero) is 1. The highest BCUT2D eigenvalue weighted by atomic mass is 127. The highest BCUT2D eigenvalue weighted by Crippen LogP contribution is 2.14. The monoisotopic (exact) mass is 350 g/mol. The summed E-state index contributed by atoms with van der Waals surface area (Å²) < 4.78 is 13.7. The zero-order chi connectivity index (χ0) is 12.7. The van der Waals surface area contributed by atoms with Gasteiger partial charge in [-0.05, 0) is 19.9 Å². The number of carbonyl (C=O) groups is 1. The second-order valence-electron chi connectivity index (χ2n) is 3.59. The summed E-state index contributed by atoms with van der Waals surface area (Å²) in [4.78, 5) is 14.8. The van der Waals surface area contributed by atoms with Crippen molar-refractivity contribution in [3.63, 3.8) is 0 Å². The molecule has 6 heteroatoms. The normalized spacial score (nSPS) is 11.9. The first kappa shape index (κ1) is 14.2. The first-order chi connectivity index (χ1) is 8.11. The van der Waals surface area contributed by atoms with Crippen molar-refractivity contribution in [2.75, 3.05) is 13.2 Å². The molecule has 0 aliphatic rings. The fourth-order valence-corrected chi connectivity index (χ4v) is 1.68. The largest absolute Gasteiger partial charge is 0.484 e. The average Bonchev–Trinajstić information content (AvgIpc) is 2.28. The molecule has 0 fully saturated rings. The van der Waals surface area contributed by atoms with Gasteiger partial charge in [0.15, 0.2) is 5.78 Å². The molecule has 0 amide bonds. The number of carbonyl (C=O) groups excluding carboxylic acids is 1. The lowest BCUT2D eigenvalue weighted by Crippen LogP contribution is -2.23. The fraction of sp³-hybridized carbons (Fsp3) is 0.455. The van der Waals surface area contributed by atoms with Gasteiger partial charge in [-0.3, -0.25) is 8.32 Å². The minimum Gasteiger partial charge on any atom is -0.484 e. The Kier molecular flexibility index (Phi) is 6.20. The zero-order valence-electron chi connectivity index (χ0n) is 9.77. The number of rotatable bonds is 7. The summed E-state index contributed by atoms with van der Waals surface area (Å²) in [5.41, 5.74) is 0. The molecule has 17 heavy (non-hydrogen) atoms. The Hall–Kier alpha value is -0.890. The van der Waals surface area contributed by atoms with Crippen LogP contribution < -0.4 is 13.0 Å². The van der Waals surface area contributed by atoms with Crippen molar-refractivity contribution in [2.45, 2.75) is 20.0 Å². The van der Waals surface area contributed by atoms with Crippen molar-refractivity contribution in [3.05, 3.63) is 18.3 Å². The average molecular weight is 350 g/mol. The van der Waals surface area contributed by atoms with Crippen LogP contribution in [0, 0.1) is 0 Å². The number of ether oxygens (including phenoxy) is 2. The Morgan fingerprint density at radius 1 is 1.59 bits per heavy atom. The van der Waals surface area contributed by atoms with E-state index in [4.69, 9.17) is 9.47 Å². The molecule has 1 aromatic rings. The van der Waals surface area contributed by atoms with Crippen LogP contribution in [0.5, 0.6) is 11.6 Å². The van der Waals surface area contributed by atoms with E-state index in [2.05, 4.69) is 31.4 Å². The van der Waals surface area contributed by atoms with Crippen molar-refractivity contribution < 1.29 is 14.3 Å². The van der Waals surface area contributed by atoms with E-state index in [0.29, 0.717) is 11.6 Å². The quantitative estimate of drug-likeness (QED) is 0.600. The van der Waals surface area contributed by atoms with Crippen LogP contribution in [-0.4, -0.2) is 30.0 Å². The number of halogens is 1. The second kappa shape index (κ2) is 7.44. The topological polar surface area (TPSA) is 60.5 Å². The maximum absolute atomic E-state index is 10.7. The van der Waals surface area contributed by atoms with Crippen molar-refractivity contribution in [2.24, 2.45) is 0 Å². The summed E-state index contributed by atoms with van der Waals surface area (Å²) >= 11 is 2.07. The molecule has 0 spiro atoms. The summed E-state index contributed by atoms with van der Waals surface area (Å²) in [6.07, 6.45) is 1.59. The molecule has 0 saturated heterocycles. The minimum absolute atomic E-state index is 0.0212. The third-order valence-corrected chi connectivity index (χ3v) is 2.28. The molecule has 0 aliphatic heterocycles. The Labute approximate surface area is 114 Å². The molecule has 1 N–H and O–H groups in total. The van der Waals surface area contributed by atoms with E-state index >= 15 is 0 Å². The van der Waals surface area contributed by atoms with Gasteiger partial charge in [-0.25, -0.2) is 4.98 Å².